The van der Waals surface area contributed by atoms with E-state index < -0.39 is 5.60 Å². The lowest BCUT2D eigenvalue weighted by molar-refractivity contribution is 0.0531. The van der Waals surface area contributed by atoms with Gasteiger partial charge in [-0.3, -0.25) is 0 Å². The summed E-state index contributed by atoms with van der Waals surface area (Å²) in [6, 6.07) is 5.19. The maximum atomic E-state index is 9.91. The molecule has 1 aromatic rings. The summed E-state index contributed by atoms with van der Waals surface area (Å²) >= 11 is 11.6. The first-order valence-corrected chi connectivity index (χ1v) is 4.91. The summed E-state index contributed by atoms with van der Waals surface area (Å²) in [5, 5.41) is 10.9. The largest absolute Gasteiger partial charge is 0.385 e. The maximum Gasteiger partial charge on any atom is 0.0866 e. The van der Waals surface area contributed by atoms with Crippen molar-refractivity contribution in [3.63, 3.8) is 0 Å². The molecular weight excluding hydrogens is 207 g/mol. The monoisotopic (exact) mass is 218 g/mol. The number of hydrogen-bond donors (Lipinski definition) is 1. The van der Waals surface area contributed by atoms with Gasteiger partial charge in [0.1, 0.15) is 0 Å². The Morgan fingerprint density at radius 3 is 2.38 bits per heavy atom. The molecule has 13 heavy (non-hydrogen) atoms. The molecule has 1 N–H and O–H groups in total. The van der Waals surface area contributed by atoms with Crippen molar-refractivity contribution in [1.29, 1.82) is 0 Å². The number of hydrogen-bond acceptors (Lipinski definition) is 1. The van der Waals surface area contributed by atoms with Crippen LogP contribution >= 0.6 is 23.2 Å². The lowest BCUT2D eigenvalue weighted by Crippen LogP contribution is -2.19. The van der Waals surface area contributed by atoms with Crippen LogP contribution in [0, 0.1) is 0 Å². The van der Waals surface area contributed by atoms with Gasteiger partial charge in [-0.2, -0.15) is 0 Å². The lowest BCUT2D eigenvalue weighted by Gasteiger charge is -2.22. The summed E-state index contributed by atoms with van der Waals surface area (Å²) in [4.78, 5) is 0. The van der Waals surface area contributed by atoms with E-state index in [0.717, 1.165) is 5.56 Å². The highest BCUT2D eigenvalue weighted by atomic mass is 35.5. The molecule has 1 atom stereocenters. The molecule has 72 valence electrons. The summed E-state index contributed by atoms with van der Waals surface area (Å²) in [7, 11) is 0. The Morgan fingerprint density at radius 2 is 1.92 bits per heavy atom. The molecule has 0 saturated heterocycles. The number of rotatable bonds is 2. The molecule has 0 heterocycles. The minimum atomic E-state index is -0.825. The number of aliphatic hydroxyl groups is 1. The molecule has 3 heteroatoms. The average Bonchev–Trinajstić information content (AvgIpc) is 2.09. The van der Waals surface area contributed by atoms with E-state index in [4.69, 9.17) is 23.2 Å². The molecule has 0 aromatic heterocycles. The van der Waals surface area contributed by atoms with Gasteiger partial charge in [-0.25, -0.2) is 0 Å². The lowest BCUT2D eigenvalue weighted by atomic mass is 9.94. The van der Waals surface area contributed by atoms with E-state index in [1.54, 1.807) is 25.1 Å². The van der Waals surface area contributed by atoms with Crippen LogP contribution in [-0.2, 0) is 5.60 Å². The van der Waals surface area contributed by atoms with Gasteiger partial charge < -0.3 is 5.11 Å². The molecule has 0 amide bonds. The van der Waals surface area contributed by atoms with Crippen LogP contribution in [-0.4, -0.2) is 5.11 Å². The molecular formula is C10H12Cl2O. The van der Waals surface area contributed by atoms with Crippen molar-refractivity contribution in [3.8, 4) is 0 Å². The fourth-order valence-electron chi connectivity index (χ4n) is 1.04. The van der Waals surface area contributed by atoms with Crippen LogP contribution in [0.3, 0.4) is 0 Å². The predicted molar refractivity (Wildman–Crippen MR) is 56.3 cm³/mol. The first-order valence-electron chi connectivity index (χ1n) is 4.15. The second kappa shape index (κ2) is 3.87. The van der Waals surface area contributed by atoms with Crippen molar-refractivity contribution < 1.29 is 5.11 Å². The predicted octanol–water partition coefficient (Wildman–Crippen LogP) is 3.61. The molecule has 1 nitrogen and oxygen atoms in total. The third kappa shape index (κ3) is 2.37. The molecule has 1 unspecified atom stereocenters. The van der Waals surface area contributed by atoms with Gasteiger partial charge in [-0.1, -0.05) is 36.2 Å². The van der Waals surface area contributed by atoms with Gasteiger partial charge in [0.25, 0.3) is 0 Å². The molecule has 1 aromatic carbocycles. The third-order valence-corrected chi connectivity index (χ3v) is 2.97. The third-order valence-electron chi connectivity index (χ3n) is 2.23. The van der Waals surface area contributed by atoms with Crippen LogP contribution in [0.25, 0.3) is 0 Å². The van der Waals surface area contributed by atoms with Crippen LogP contribution in [0.2, 0.25) is 10.0 Å². The van der Waals surface area contributed by atoms with Gasteiger partial charge in [-0.15, -0.1) is 0 Å². The van der Waals surface area contributed by atoms with Crippen molar-refractivity contribution in [2.45, 2.75) is 25.9 Å². The van der Waals surface area contributed by atoms with E-state index in [1.165, 1.54) is 0 Å². The summed E-state index contributed by atoms with van der Waals surface area (Å²) in [6.07, 6.45) is 0.644. The minimum absolute atomic E-state index is 0.480. The average molecular weight is 219 g/mol. The van der Waals surface area contributed by atoms with Crippen molar-refractivity contribution in [2.75, 3.05) is 0 Å². The maximum absolute atomic E-state index is 9.91. The Kier molecular flexibility index (Phi) is 3.23. The molecule has 0 aliphatic carbocycles. The number of halogens is 2. The minimum Gasteiger partial charge on any atom is -0.385 e. The van der Waals surface area contributed by atoms with Gasteiger partial charge in [0.15, 0.2) is 0 Å². The molecule has 0 fully saturated rings. The van der Waals surface area contributed by atoms with Gasteiger partial charge in [-0.05, 0) is 31.0 Å². The highest BCUT2D eigenvalue weighted by molar-refractivity contribution is 6.42. The summed E-state index contributed by atoms with van der Waals surface area (Å²) in [5.41, 5.74) is -0.0294. The van der Waals surface area contributed by atoms with E-state index in [2.05, 4.69) is 0 Å². The van der Waals surface area contributed by atoms with E-state index in [-0.39, 0.29) is 0 Å². The summed E-state index contributed by atoms with van der Waals surface area (Å²) < 4.78 is 0. The zero-order valence-electron chi connectivity index (χ0n) is 7.64. The Labute approximate surface area is 88.3 Å². The molecule has 0 bridgehead atoms. The standard InChI is InChI=1S/C10H12Cl2O/c1-3-10(2,13)7-4-5-8(11)9(12)6-7/h4-6,13H,3H2,1-2H3. The van der Waals surface area contributed by atoms with Gasteiger partial charge in [0, 0.05) is 0 Å². The van der Waals surface area contributed by atoms with Crippen molar-refractivity contribution in [1.82, 2.24) is 0 Å². The topological polar surface area (TPSA) is 20.2 Å². The zero-order valence-corrected chi connectivity index (χ0v) is 9.15. The molecule has 1 rings (SSSR count). The van der Waals surface area contributed by atoms with Crippen molar-refractivity contribution >= 4 is 23.2 Å². The first kappa shape index (κ1) is 10.8. The molecule has 0 saturated carbocycles. The van der Waals surface area contributed by atoms with Crippen molar-refractivity contribution in [3.05, 3.63) is 33.8 Å². The molecule has 0 spiro atoms. The van der Waals surface area contributed by atoms with E-state index in [0.29, 0.717) is 16.5 Å². The Hall–Kier alpha value is -0.240. The van der Waals surface area contributed by atoms with Crippen LogP contribution in [0.5, 0.6) is 0 Å². The summed E-state index contributed by atoms with van der Waals surface area (Å²) in [5.74, 6) is 0. The van der Waals surface area contributed by atoms with Crippen LogP contribution < -0.4 is 0 Å². The highest BCUT2D eigenvalue weighted by Gasteiger charge is 2.20. The Morgan fingerprint density at radius 1 is 1.31 bits per heavy atom. The molecule has 0 aliphatic rings. The molecule has 0 aliphatic heterocycles. The van der Waals surface area contributed by atoms with Gasteiger partial charge in [0.05, 0.1) is 15.6 Å². The fourth-order valence-corrected chi connectivity index (χ4v) is 1.33. The van der Waals surface area contributed by atoms with Crippen LogP contribution in [0.4, 0.5) is 0 Å². The fraction of sp³-hybridized carbons (Fsp3) is 0.400. The van der Waals surface area contributed by atoms with Gasteiger partial charge in [0.2, 0.25) is 0 Å². The smallest absolute Gasteiger partial charge is 0.0866 e. The van der Waals surface area contributed by atoms with Crippen LogP contribution in [0.15, 0.2) is 18.2 Å². The van der Waals surface area contributed by atoms with Crippen LogP contribution in [0.1, 0.15) is 25.8 Å². The van der Waals surface area contributed by atoms with E-state index >= 15 is 0 Å². The quantitative estimate of drug-likeness (QED) is 0.805. The highest BCUT2D eigenvalue weighted by Crippen LogP contribution is 2.30. The zero-order chi connectivity index (χ0) is 10.1. The van der Waals surface area contributed by atoms with Crippen molar-refractivity contribution in [2.24, 2.45) is 0 Å². The molecule has 0 radical (unpaired) electrons. The summed E-state index contributed by atoms with van der Waals surface area (Å²) in [6.45, 7) is 3.68. The van der Waals surface area contributed by atoms with E-state index in [9.17, 15) is 5.11 Å². The van der Waals surface area contributed by atoms with Gasteiger partial charge >= 0.3 is 0 Å². The Bertz CT molecular complexity index is 308. The normalized spacial score (nSPS) is 15.5. The second-order valence-electron chi connectivity index (χ2n) is 3.26. The Balaban J connectivity index is 3.10. The number of benzene rings is 1. The SMILES string of the molecule is CCC(C)(O)c1ccc(Cl)c(Cl)c1. The first-order chi connectivity index (χ1) is 5.97. The van der Waals surface area contributed by atoms with E-state index in [1.807, 2.05) is 6.92 Å². The second-order valence-corrected chi connectivity index (χ2v) is 4.07.